The van der Waals surface area contributed by atoms with Crippen molar-refractivity contribution < 1.29 is 4.58 Å². The fraction of sp³-hybridized carbons (Fsp3) is 0.517. The smallest absolute Gasteiger partial charge is 0.171 e. The first-order valence-electron chi connectivity index (χ1n) is 12.0. The molecule has 182 valence electrons. The van der Waals surface area contributed by atoms with Crippen LogP contribution in [0.4, 0.5) is 0 Å². The lowest BCUT2D eigenvalue weighted by atomic mass is 9.87. The summed E-state index contributed by atoms with van der Waals surface area (Å²) in [6, 6.07) is 0. The van der Waals surface area contributed by atoms with Crippen LogP contribution >= 0.6 is 37.2 Å². The number of aliphatic imine (C=N–C) groups is 1. The van der Waals surface area contributed by atoms with E-state index >= 15 is 0 Å². The van der Waals surface area contributed by atoms with Crippen molar-refractivity contribution in [2.24, 2.45) is 4.99 Å². The van der Waals surface area contributed by atoms with E-state index in [1.54, 1.807) is 5.56 Å². The van der Waals surface area contributed by atoms with Gasteiger partial charge in [-0.25, -0.2) is 4.58 Å². The molecule has 0 saturated carbocycles. The molecular weight excluding hydrogens is 630 g/mol. The second-order valence-corrected chi connectivity index (χ2v) is 8.93. The molecule has 0 bridgehead atoms. The first kappa shape index (κ1) is 30.3. The zero-order valence-electron chi connectivity index (χ0n) is 22.6. The third kappa shape index (κ3) is 6.68. The lowest BCUT2D eigenvalue weighted by Gasteiger charge is -2.20. The molecule has 4 rings (SSSR count). The Morgan fingerprint density at radius 2 is 1.06 bits per heavy atom. The Bertz CT molecular complexity index is 1050. The van der Waals surface area contributed by atoms with E-state index in [0.29, 0.717) is 0 Å². The van der Waals surface area contributed by atoms with E-state index in [-0.39, 0.29) is 0 Å². The number of fused-ring (bicyclic) bond motifs is 2. The molecule has 0 aliphatic carbocycles. The number of hydrogen-bond donors (Lipinski definition) is 0. The molecule has 2 aromatic carbocycles. The highest BCUT2D eigenvalue weighted by molar-refractivity contribution is 15.0. The predicted molar refractivity (Wildman–Crippen MR) is 166 cm³/mol. The summed E-state index contributed by atoms with van der Waals surface area (Å²) in [7, 11) is 2.16. The molecule has 0 N–H and O–H groups in total. The van der Waals surface area contributed by atoms with E-state index in [4.69, 9.17) is 0 Å². The zero-order chi connectivity index (χ0) is 25.5. The summed E-state index contributed by atoms with van der Waals surface area (Å²) in [6.07, 6.45) is 6.65. The fourth-order valence-electron chi connectivity index (χ4n) is 4.74. The molecule has 0 atom stereocenters. The lowest BCUT2D eigenvalue weighted by Crippen LogP contribution is -2.21. The fourth-order valence-corrected chi connectivity index (χ4v) is 4.74. The van der Waals surface area contributed by atoms with Crippen molar-refractivity contribution in [3.05, 3.63) is 66.8 Å². The standard InChI is InChI=1S/C14H20N.C13H17N.C2H6.I2/c1-9-10(2)12(4)14-8-15(5)7-6-13(14)11(9)3;1-8-9(2)11(4)13-7-14-6-5-12(13)10(8)3;2*1-2/h8H,6-7H2,1-5H3;7H,5-6H2,1-4H3;1-2H3;/q+1;;;. The monoisotopic (exact) mass is 673 g/mol. The van der Waals surface area contributed by atoms with Gasteiger partial charge in [0.15, 0.2) is 6.21 Å². The lowest BCUT2D eigenvalue weighted by molar-refractivity contribution is -0.493. The van der Waals surface area contributed by atoms with Crippen LogP contribution in [0.2, 0.25) is 0 Å². The Morgan fingerprint density at radius 3 is 1.58 bits per heavy atom. The highest BCUT2D eigenvalue weighted by Gasteiger charge is 2.20. The molecule has 33 heavy (non-hydrogen) atoms. The summed E-state index contributed by atoms with van der Waals surface area (Å²) in [5, 5.41) is 0. The largest absolute Gasteiger partial charge is 0.292 e. The number of likely N-dealkylation sites (N-methyl/N-ethyl adjacent to an activating group) is 1. The topological polar surface area (TPSA) is 15.4 Å². The van der Waals surface area contributed by atoms with Crippen molar-refractivity contribution in [1.29, 1.82) is 0 Å². The average molecular weight is 673 g/mol. The minimum absolute atomic E-state index is 0.954. The van der Waals surface area contributed by atoms with Gasteiger partial charge in [0.25, 0.3) is 0 Å². The van der Waals surface area contributed by atoms with Gasteiger partial charge < -0.3 is 0 Å². The van der Waals surface area contributed by atoms with Crippen LogP contribution in [-0.4, -0.2) is 37.1 Å². The van der Waals surface area contributed by atoms with Crippen molar-refractivity contribution in [1.82, 2.24) is 0 Å². The summed E-state index contributed by atoms with van der Waals surface area (Å²) in [5.41, 5.74) is 17.6. The number of nitrogens with zero attached hydrogens (tertiary/aromatic N) is 2. The molecule has 2 nitrogen and oxygen atoms in total. The highest BCUT2D eigenvalue weighted by Crippen LogP contribution is 2.28. The van der Waals surface area contributed by atoms with Gasteiger partial charge in [0.1, 0.15) is 13.6 Å². The molecule has 2 heterocycles. The number of rotatable bonds is 0. The maximum Gasteiger partial charge on any atom is 0.171 e. The van der Waals surface area contributed by atoms with Gasteiger partial charge in [-0.2, -0.15) is 0 Å². The van der Waals surface area contributed by atoms with Gasteiger partial charge in [-0.15, -0.1) is 0 Å². The van der Waals surface area contributed by atoms with E-state index in [2.05, 4.69) is 115 Å². The van der Waals surface area contributed by atoms with E-state index in [0.717, 1.165) is 19.5 Å². The molecule has 4 heteroatoms. The Balaban J connectivity index is 0.000000288. The van der Waals surface area contributed by atoms with Gasteiger partial charge in [0, 0.05) is 62.0 Å². The third-order valence-corrected chi connectivity index (χ3v) is 7.51. The van der Waals surface area contributed by atoms with Crippen molar-refractivity contribution in [3.63, 3.8) is 0 Å². The molecule has 0 saturated heterocycles. The molecule has 0 amide bonds. The van der Waals surface area contributed by atoms with Gasteiger partial charge >= 0.3 is 0 Å². The quantitative estimate of drug-likeness (QED) is 0.198. The van der Waals surface area contributed by atoms with Gasteiger partial charge in [-0.05, 0) is 123 Å². The molecule has 2 aliphatic rings. The Morgan fingerprint density at radius 1 is 0.636 bits per heavy atom. The summed E-state index contributed by atoms with van der Waals surface area (Å²) in [5.74, 6) is 0. The molecule has 0 radical (unpaired) electrons. The van der Waals surface area contributed by atoms with Crippen molar-refractivity contribution in [2.75, 3.05) is 20.1 Å². The van der Waals surface area contributed by atoms with Crippen LogP contribution in [0.25, 0.3) is 0 Å². The van der Waals surface area contributed by atoms with Crippen LogP contribution in [0.15, 0.2) is 4.99 Å². The molecule has 2 aliphatic heterocycles. The van der Waals surface area contributed by atoms with Crippen LogP contribution in [0.3, 0.4) is 0 Å². The van der Waals surface area contributed by atoms with E-state index < -0.39 is 0 Å². The van der Waals surface area contributed by atoms with Crippen molar-refractivity contribution >= 4 is 49.7 Å². The molecule has 0 aromatic heterocycles. The molecule has 0 unspecified atom stereocenters. The average Bonchev–Trinajstić information content (AvgIpc) is 2.86. The summed E-state index contributed by atoms with van der Waals surface area (Å²) < 4.78 is 2.30. The Kier molecular flexibility index (Phi) is 12.8. The van der Waals surface area contributed by atoms with Crippen molar-refractivity contribution in [2.45, 2.75) is 82.1 Å². The van der Waals surface area contributed by atoms with Crippen molar-refractivity contribution in [3.8, 4) is 0 Å². The van der Waals surface area contributed by atoms with E-state index in [9.17, 15) is 0 Å². The first-order valence-corrected chi connectivity index (χ1v) is 18.3. The zero-order valence-corrected chi connectivity index (χ0v) is 26.9. The molecule has 0 spiro atoms. The minimum Gasteiger partial charge on any atom is -0.292 e. The summed E-state index contributed by atoms with van der Waals surface area (Å²) in [6.45, 7) is 24.0. The second-order valence-electron chi connectivity index (χ2n) is 8.93. The summed E-state index contributed by atoms with van der Waals surface area (Å²) in [4.78, 5) is 4.37. The van der Waals surface area contributed by atoms with E-state index in [1.165, 1.54) is 67.6 Å². The Hall–Kier alpha value is -0.760. The Labute approximate surface area is 226 Å². The van der Waals surface area contributed by atoms with E-state index in [1.807, 2.05) is 20.1 Å². The van der Waals surface area contributed by atoms with Gasteiger partial charge in [0.05, 0.1) is 0 Å². The van der Waals surface area contributed by atoms with Gasteiger partial charge in [-0.3, -0.25) is 4.99 Å². The second kappa shape index (κ2) is 14.0. The SMILES string of the molecule is CC.Cc1c(C)c(C)c2c(c1C)C=NCC2.Cc1c(C)c(C)c2c(c1C)C=[N+](C)CC2.II. The summed E-state index contributed by atoms with van der Waals surface area (Å²) >= 11 is 4.24. The van der Waals surface area contributed by atoms with Crippen LogP contribution in [0.1, 0.15) is 80.6 Å². The molecular formula is C29H43I2N2+. The minimum atomic E-state index is 0.954. The van der Waals surface area contributed by atoms with Gasteiger partial charge in [0.2, 0.25) is 0 Å². The van der Waals surface area contributed by atoms with Crippen LogP contribution in [0, 0.1) is 55.4 Å². The maximum absolute atomic E-state index is 4.37. The predicted octanol–water partition coefficient (Wildman–Crippen LogP) is 8.23. The maximum atomic E-state index is 4.37. The van der Waals surface area contributed by atoms with Gasteiger partial charge in [-0.1, -0.05) is 13.8 Å². The van der Waals surface area contributed by atoms with Crippen LogP contribution in [-0.2, 0) is 12.8 Å². The van der Waals surface area contributed by atoms with Crippen LogP contribution in [0.5, 0.6) is 0 Å². The first-order chi connectivity index (χ1) is 15.6. The molecule has 0 fully saturated rings. The number of hydrogen-bond acceptors (Lipinski definition) is 1. The number of benzene rings is 2. The normalized spacial score (nSPS) is 13.2. The van der Waals surface area contributed by atoms with Crippen LogP contribution < -0.4 is 0 Å². The third-order valence-electron chi connectivity index (χ3n) is 7.51. The number of halogens is 2. The molecule has 2 aromatic rings. The highest BCUT2D eigenvalue weighted by atomic mass is 128.